The molecule has 1 saturated heterocycles. The van der Waals surface area contributed by atoms with Gasteiger partial charge >= 0.3 is 0 Å². The van der Waals surface area contributed by atoms with Gasteiger partial charge in [0, 0.05) is 36.4 Å². The van der Waals surface area contributed by atoms with Gasteiger partial charge in [0.1, 0.15) is 5.54 Å². The second kappa shape index (κ2) is 8.77. The van der Waals surface area contributed by atoms with Gasteiger partial charge in [-0.15, -0.1) is 0 Å². The summed E-state index contributed by atoms with van der Waals surface area (Å²) in [6.07, 6.45) is 1.51. The molecular formula is C22H28ClN3O. The van der Waals surface area contributed by atoms with Crippen LogP contribution < -0.4 is 10.6 Å². The average Bonchev–Trinajstić information content (AvgIpc) is 2.65. The number of carbonyl (C=O) groups is 1. The maximum Gasteiger partial charge on any atom is 0.245 e. The van der Waals surface area contributed by atoms with E-state index in [1.165, 1.54) is 0 Å². The fourth-order valence-corrected chi connectivity index (χ4v) is 3.76. The highest BCUT2D eigenvalue weighted by atomic mass is 35.5. The first kappa shape index (κ1) is 19.7. The molecule has 0 unspecified atom stereocenters. The van der Waals surface area contributed by atoms with E-state index >= 15 is 0 Å². The Bertz CT molecular complexity index is 755. The highest BCUT2D eigenvalue weighted by Gasteiger charge is 2.41. The van der Waals surface area contributed by atoms with Crippen LogP contribution in [-0.4, -0.2) is 35.5 Å². The molecule has 1 heterocycles. The molecule has 1 fully saturated rings. The number of piperidine rings is 1. The Balaban J connectivity index is 1.72. The molecule has 0 atom stereocenters. The van der Waals surface area contributed by atoms with E-state index in [1.807, 2.05) is 62.4 Å². The number of nitrogens with zero attached hydrogens (tertiary/aromatic N) is 1. The molecule has 3 rings (SSSR count). The molecule has 4 nitrogen and oxygen atoms in total. The van der Waals surface area contributed by atoms with E-state index in [1.54, 1.807) is 0 Å². The van der Waals surface area contributed by atoms with Crippen molar-refractivity contribution in [2.45, 2.75) is 44.8 Å². The largest absolute Gasteiger partial charge is 0.371 e. The molecular weight excluding hydrogens is 358 g/mol. The van der Waals surface area contributed by atoms with Crippen molar-refractivity contribution in [3.63, 3.8) is 0 Å². The Morgan fingerprint density at radius 2 is 1.70 bits per heavy atom. The standard InChI is InChI=1S/C22H28ClN3O/c1-17(2)24-21(27)22(25-19-9-4-3-5-10-19)12-14-26(15-13-22)16-18-8-6-7-11-20(18)23/h3-11,17,25H,12-16H2,1-2H3,(H,24,27). The van der Waals surface area contributed by atoms with Crippen molar-refractivity contribution in [1.29, 1.82) is 0 Å². The van der Waals surface area contributed by atoms with Crippen molar-refractivity contribution >= 4 is 23.2 Å². The van der Waals surface area contributed by atoms with Gasteiger partial charge < -0.3 is 10.6 Å². The lowest BCUT2D eigenvalue weighted by Gasteiger charge is -2.42. The average molecular weight is 386 g/mol. The fourth-order valence-electron chi connectivity index (χ4n) is 3.57. The smallest absolute Gasteiger partial charge is 0.245 e. The first-order valence-corrected chi connectivity index (χ1v) is 9.96. The molecule has 0 radical (unpaired) electrons. The minimum atomic E-state index is -0.581. The lowest BCUT2D eigenvalue weighted by molar-refractivity contribution is -0.127. The van der Waals surface area contributed by atoms with Gasteiger partial charge in [0.2, 0.25) is 5.91 Å². The lowest BCUT2D eigenvalue weighted by atomic mass is 9.85. The molecule has 0 saturated carbocycles. The molecule has 2 aromatic carbocycles. The van der Waals surface area contributed by atoms with Gasteiger partial charge in [0.05, 0.1) is 0 Å². The number of carbonyl (C=O) groups excluding carboxylic acids is 1. The van der Waals surface area contributed by atoms with Crippen LogP contribution in [0.1, 0.15) is 32.3 Å². The van der Waals surface area contributed by atoms with Gasteiger partial charge in [0.25, 0.3) is 0 Å². The summed E-state index contributed by atoms with van der Waals surface area (Å²) >= 11 is 6.31. The summed E-state index contributed by atoms with van der Waals surface area (Å²) in [6.45, 7) is 6.50. The van der Waals surface area contributed by atoms with Crippen molar-refractivity contribution in [1.82, 2.24) is 10.2 Å². The van der Waals surface area contributed by atoms with E-state index in [4.69, 9.17) is 11.6 Å². The summed E-state index contributed by atoms with van der Waals surface area (Å²) in [5.74, 6) is 0.0822. The van der Waals surface area contributed by atoms with E-state index in [2.05, 4.69) is 21.6 Å². The third-order valence-corrected chi connectivity index (χ3v) is 5.44. The summed E-state index contributed by atoms with van der Waals surface area (Å²) in [7, 11) is 0. The second-order valence-corrected chi connectivity index (χ2v) is 7.98. The highest BCUT2D eigenvalue weighted by molar-refractivity contribution is 6.31. The van der Waals surface area contributed by atoms with Crippen LogP contribution in [0.4, 0.5) is 5.69 Å². The van der Waals surface area contributed by atoms with Gasteiger partial charge in [0.15, 0.2) is 0 Å². The zero-order valence-corrected chi connectivity index (χ0v) is 16.8. The maximum atomic E-state index is 13.0. The fraction of sp³-hybridized carbons (Fsp3) is 0.409. The Kier molecular flexibility index (Phi) is 6.40. The van der Waals surface area contributed by atoms with Crippen molar-refractivity contribution in [3.05, 3.63) is 65.2 Å². The molecule has 0 aliphatic carbocycles. The Morgan fingerprint density at radius 1 is 1.07 bits per heavy atom. The summed E-state index contributed by atoms with van der Waals surface area (Å²) in [4.78, 5) is 15.4. The van der Waals surface area contributed by atoms with Gasteiger partial charge in [-0.1, -0.05) is 48.0 Å². The molecule has 0 bridgehead atoms. The zero-order valence-electron chi connectivity index (χ0n) is 16.0. The number of para-hydroxylation sites is 1. The van der Waals surface area contributed by atoms with Gasteiger partial charge in [-0.05, 0) is 50.5 Å². The van der Waals surface area contributed by atoms with Crippen LogP contribution >= 0.6 is 11.6 Å². The first-order chi connectivity index (χ1) is 13.0. The van der Waals surface area contributed by atoms with Crippen molar-refractivity contribution in [2.24, 2.45) is 0 Å². The number of nitrogens with one attached hydrogen (secondary N) is 2. The number of amides is 1. The number of hydrogen-bond donors (Lipinski definition) is 2. The van der Waals surface area contributed by atoms with Crippen LogP contribution in [0.15, 0.2) is 54.6 Å². The van der Waals surface area contributed by atoms with Gasteiger partial charge in [-0.3, -0.25) is 9.69 Å². The molecule has 2 aromatic rings. The third-order valence-electron chi connectivity index (χ3n) is 5.07. The molecule has 0 aromatic heterocycles. The van der Waals surface area contributed by atoms with Crippen LogP contribution in [0, 0.1) is 0 Å². The number of anilines is 1. The molecule has 0 spiro atoms. The molecule has 1 aliphatic rings. The van der Waals surface area contributed by atoms with Crippen LogP contribution in [0.2, 0.25) is 5.02 Å². The van der Waals surface area contributed by atoms with Gasteiger partial charge in [-0.2, -0.15) is 0 Å². The van der Waals surface area contributed by atoms with Crippen LogP contribution in [0.3, 0.4) is 0 Å². The summed E-state index contributed by atoms with van der Waals surface area (Å²) in [6, 6.07) is 18.1. The Labute approximate surface area is 166 Å². The third kappa shape index (κ3) is 5.02. The van der Waals surface area contributed by atoms with E-state index in [9.17, 15) is 4.79 Å². The SMILES string of the molecule is CC(C)NC(=O)C1(Nc2ccccc2)CCN(Cc2ccccc2Cl)CC1. The van der Waals surface area contributed by atoms with Crippen LogP contribution in [-0.2, 0) is 11.3 Å². The monoisotopic (exact) mass is 385 g/mol. The summed E-state index contributed by atoms with van der Waals surface area (Å²) in [5.41, 5.74) is 1.54. The van der Waals surface area contributed by atoms with Crippen molar-refractivity contribution < 1.29 is 4.79 Å². The minimum absolute atomic E-state index is 0.0822. The summed E-state index contributed by atoms with van der Waals surface area (Å²) < 4.78 is 0. The van der Waals surface area contributed by atoms with Crippen molar-refractivity contribution in [3.8, 4) is 0 Å². The highest BCUT2D eigenvalue weighted by Crippen LogP contribution is 2.29. The molecule has 1 aliphatic heterocycles. The van der Waals surface area contributed by atoms with Crippen LogP contribution in [0.25, 0.3) is 0 Å². The van der Waals surface area contributed by atoms with E-state index < -0.39 is 5.54 Å². The van der Waals surface area contributed by atoms with E-state index in [0.717, 1.165) is 48.7 Å². The topological polar surface area (TPSA) is 44.4 Å². The summed E-state index contributed by atoms with van der Waals surface area (Å²) in [5, 5.41) is 7.44. The number of hydrogen-bond acceptors (Lipinski definition) is 3. The van der Waals surface area contributed by atoms with Crippen LogP contribution in [0.5, 0.6) is 0 Å². The first-order valence-electron chi connectivity index (χ1n) is 9.58. The minimum Gasteiger partial charge on any atom is -0.371 e. The molecule has 27 heavy (non-hydrogen) atoms. The van der Waals surface area contributed by atoms with E-state index in [-0.39, 0.29) is 11.9 Å². The maximum absolute atomic E-state index is 13.0. The molecule has 1 amide bonds. The lowest BCUT2D eigenvalue weighted by Crippen LogP contribution is -2.59. The normalized spacial score (nSPS) is 16.9. The quantitative estimate of drug-likeness (QED) is 0.778. The number of rotatable bonds is 6. The number of halogens is 1. The number of benzene rings is 2. The Hall–Kier alpha value is -2.04. The van der Waals surface area contributed by atoms with Crippen molar-refractivity contribution in [2.75, 3.05) is 18.4 Å². The molecule has 144 valence electrons. The Morgan fingerprint density at radius 3 is 2.33 bits per heavy atom. The number of likely N-dealkylation sites (tertiary alicyclic amines) is 1. The predicted molar refractivity (Wildman–Crippen MR) is 112 cm³/mol. The predicted octanol–water partition coefficient (Wildman–Crippen LogP) is 4.31. The molecule has 2 N–H and O–H groups in total. The van der Waals surface area contributed by atoms with Gasteiger partial charge in [-0.25, -0.2) is 0 Å². The zero-order chi connectivity index (χ0) is 19.3. The van der Waals surface area contributed by atoms with E-state index in [0.29, 0.717) is 0 Å². The molecule has 5 heteroatoms. The second-order valence-electron chi connectivity index (χ2n) is 7.57.